The molecule has 0 saturated carbocycles. The fourth-order valence-electron chi connectivity index (χ4n) is 0.943. The van der Waals surface area contributed by atoms with Crippen molar-refractivity contribution in [2.75, 3.05) is 0 Å². The summed E-state index contributed by atoms with van der Waals surface area (Å²) in [6.45, 7) is 4.43. The molecule has 0 bridgehead atoms. The van der Waals surface area contributed by atoms with E-state index in [4.69, 9.17) is 0 Å². The summed E-state index contributed by atoms with van der Waals surface area (Å²) in [4.78, 5) is 0. The molecule has 0 aromatic heterocycles. The second kappa shape index (κ2) is 3.98. The molecular weight excluding hydrogens is 351 g/mol. The number of aryl methyl sites for hydroxylation is 2. The summed E-state index contributed by atoms with van der Waals surface area (Å²) in [6, 6.07) is 6.57. The van der Waals surface area contributed by atoms with E-state index >= 15 is 0 Å². The van der Waals surface area contributed by atoms with Crippen LogP contribution in [0.5, 0.6) is 0 Å². The van der Waals surface area contributed by atoms with Gasteiger partial charge in [-0.25, -0.2) is 0 Å². The van der Waals surface area contributed by atoms with Gasteiger partial charge in [-0.15, -0.1) is 0 Å². The third-order valence-electron chi connectivity index (χ3n) is 1.50. The number of rotatable bonds is 1. The van der Waals surface area contributed by atoms with Gasteiger partial charge in [-0.05, 0) is 0 Å². The number of benzene rings is 1. The van der Waals surface area contributed by atoms with Gasteiger partial charge >= 0.3 is 82.3 Å². The second-order valence-electron chi connectivity index (χ2n) is 2.31. The van der Waals surface area contributed by atoms with Gasteiger partial charge in [0.25, 0.3) is 0 Å². The average Bonchev–Trinajstić information content (AvgIpc) is 1.88. The Labute approximate surface area is 81.6 Å². The maximum absolute atomic E-state index is 2.21. The van der Waals surface area contributed by atoms with Crippen LogP contribution in [-0.4, -0.2) is 35.5 Å². The Balaban J connectivity index is 3.17. The molecule has 1 aromatic carbocycles. The SMILES string of the molecule is Cc1cccc(C)c1[Te][TeH]. The number of hydrogen-bond acceptors (Lipinski definition) is 0. The third-order valence-corrected chi connectivity index (χ3v) is 7.35. The quantitative estimate of drug-likeness (QED) is 0.638. The summed E-state index contributed by atoms with van der Waals surface area (Å²) in [6.07, 6.45) is 0. The van der Waals surface area contributed by atoms with Crippen molar-refractivity contribution in [2.45, 2.75) is 13.8 Å². The van der Waals surface area contributed by atoms with Crippen molar-refractivity contribution in [3.05, 3.63) is 29.3 Å². The summed E-state index contributed by atoms with van der Waals surface area (Å²) < 4.78 is 1.65. The predicted molar refractivity (Wildman–Crippen MR) is 48.5 cm³/mol. The van der Waals surface area contributed by atoms with Crippen LogP contribution in [0.4, 0.5) is 0 Å². The molecule has 0 radical (unpaired) electrons. The fourth-order valence-corrected chi connectivity index (χ4v) is 7.67. The molecule has 54 valence electrons. The van der Waals surface area contributed by atoms with E-state index < -0.39 is 0 Å². The van der Waals surface area contributed by atoms with Crippen molar-refractivity contribution in [3.8, 4) is 0 Å². The van der Waals surface area contributed by atoms with E-state index in [0.717, 1.165) is 0 Å². The van der Waals surface area contributed by atoms with E-state index in [-0.39, 0.29) is 17.1 Å². The average molecular weight is 361 g/mol. The molecule has 0 amide bonds. The first-order valence-electron chi connectivity index (χ1n) is 3.13. The zero-order chi connectivity index (χ0) is 7.56. The second-order valence-corrected chi connectivity index (χ2v) is 7.49. The van der Waals surface area contributed by atoms with Gasteiger partial charge in [-0.3, -0.25) is 0 Å². The molecule has 1 aromatic rings. The van der Waals surface area contributed by atoms with Gasteiger partial charge in [0.15, 0.2) is 0 Å². The van der Waals surface area contributed by atoms with Crippen molar-refractivity contribution in [1.82, 2.24) is 0 Å². The first-order chi connectivity index (χ1) is 4.75. The predicted octanol–water partition coefficient (Wildman–Crippen LogP) is 0.449. The molecule has 0 N–H and O–H groups in total. The first kappa shape index (κ1) is 8.89. The van der Waals surface area contributed by atoms with Crippen LogP contribution in [0.1, 0.15) is 11.1 Å². The molecular formula is C8H10Te2. The van der Waals surface area contributed by atoms with E-state index in [9.17, 15) is 0 Å². The molecule has 0 unspecified atom stereocenters. The summed E-state index contributed by atoms with van der Waals surface area (Å²) in [5, 5.41) is 0. The summed E-state index contributed by atoms with van der Waals surface area (Å²) in [5.41, 5.74) is 2.98. The molecule has 10 heavy (non-hydrogen) atoms. The van der Waals surface area contributed by atoms with Crippen LogP contribution in [0.2, 0.25) is 0 Å². The molecule has 0 fully saturated rings. The van der Waals surface area contributed by atoms with Gasteiger partial charge in [0.1, 0.15) is 0 Å². The van der Waals surface area contributed by atoms with E-state index in [1.54, 1.807) is 3.61 Å². The standard InChI is InChI=1S/C8H10Te2/c1-6-4-3-5-7(2)8(6)10-9/h3-5,9H,1-2H3. The maximum atomic E-state index is 2.21. The molecule has 0 aliphatic heterocycles. The van der Waals surface area contributed by atoms with Gasteiger partial charge in [0.2, 0.25) is 0 Å². The Kier molecular flexibility index (Phi) is 3.54. The van der Waals surface area contributed by atoms with Crippen LogP contribution in [0.25, 0.3) is 0 Å². The molecule has 2 heteroatoms. The minimum absolute atomic E-state index is 0.155. The minimum atomic E-state index is 0.155. The van der Waals surface area contributed by atoms with Crippen molar-refractivity contribution >= 4 is 39.1 Å². The van der Waals surface area contributed by atoms with Gasteiger partial charge in [-0.2, -0.15) is 0 Å². The van der Waals surface area contributed by atoms with Gasteiger partial charge in [-0.1, -0.05) is 0 Å². The van der Waals surface area contributed by atoms with Crippen molar-refractivity contribution in [3.63, 3.8) is 0 Å². The topological polar surface area (TPSA) is 0 Å². The summed E-state index contributed by atoms with van der Waals surface area (Å²) in [5.74, 6) is 0. The van der Waals surface area contributed by atoms with Gasteiger partial charge in [0, 0.05) is 0 Å². The monoisotopic (exact) mass is 366 g/mol. The molecule has 0 heterocycles. The molecule has 0 aliphatic carbocycles. The van der Waals surface area contributed by atoms with E-state index in [1.807, 2.05) is 18.4 Å². The molecule has 0 nitrogen and oxygen atoms in total. The van der Waals surface area contributed by atoms with Crippen LogP contribution in [-0.2, 0) is 0 Å². The van der Waals surface area contributed by atoms with Crippen LogP contribution in [0.3, 0.4) is 0 Å². The zero-order valence-electron chi connectivity index (χ0n) is 6.09. The fraction of sp³-hybridized carbons (Fsp3) is 0.250. The van der Waals surface area contributed by atoms with Crippen molar-refractivity contribution in [1.29, 1.82) is 0 Å². The molecule has 0 spiro atoms. The van der Waals surface area contributed by atoms with Crippen molar-refractivity contribution < 1.29 is 0 Å². The molecule has 0 atom stereocenters. The van der Waals surface area contributed by atoms with E-state index in [0.29, 0.717) is 0 Å². The summed E-state index contributed by atoms with van der Waals surface area (Å²) in [7, 11) is 0. The van der Waals surface area contributed by atoms with Gasteiger partial charge in [0.05, 0.1) is 0 Å². The summed E-state index contributed by atoms with van der Waals surface area (Å²) >= 11 is 2.15. The Morgan fingerprint density at radius 3 is 2.00 bits per heavy atom. The van der Waals surface area contributed by atoms with Crippen molar-refractivity contribution in [2.24, 2.45) is 0 Å². The number of hydrogen-bond donors (Lipinski definition) is 0. The third kappa shape index (κ3) is 1.90. The van der Waals surface area contributed by atoms with Crippen LogP contribution in [0.15, 0.2) is 18.2 Å². The molecule has 1 rings (SSSR count). The Morgan fingerprint density at radius 2 is 1.70 bits per heavy atom. The van der Waals surface area contributed by atoms with Crippen LogP contribution >= 0.6 is 0 Å². The first-order valence-corrected chi connectivity index (χ1v) is 12.3. The molecule has 0 aliphatic rings. The van der Waals surface area contributed by atoms with E-state index in [2.05, 4.69) is 32.0 Å². The molecule has 0 saturated heterocycles. The zero-order valence-corrected chi connectivity index (χ0v) is 11.0. The van der Waals surface area contributed by atoms with Crippen LogP contribution < -0.4 is 3.61 Å². The normalized spacial score (nSPS) is 9.90. The van der Waals surface area contributed by atoms with Crippen LogP contribution in [0, 0.1) is 13.8 Å². The van der Waals surface area contributed by atoms with E-state index in [1.165, 1.54) is 11.1 Å². The van der Waals surface area contributed by atoms with Gasteiger partial charge < -0.3 is 0 Å². The Hall–Kier alpha value is 0.799. The Morgan fingerprint density at radius 1 is 1.20 bits per heavy atom. The Bertz CT molecular complexity index is 210.